The quantitative estimate of drug-likeness (QED) is 0.652. The van der Waals surface area contributed by atoms with Gasteiger partial charge in [0.2, 0.25) is 10.0 Å². The van der Waals surface area contributed by atoms with Gasteiger partial charge < -0.3 is 10.1 Å². The number of hydrogen-bond acceptors (Lipinski definition) is 5. The summed E-state index contributed by atoms with van der Waals surface area (Å²) in [5.74, 6) is -1.14. The van der Waals surface area contributed by atoms with Crippen molar-refractivity contribution in [1.82, 2.24) is 10.0 Å². The van der Waals surface area contributed by atoms with Crippen molar-refractivity contribution in [3.05, 3.63) is 29.8 Å². The molecule has 1 atom stereocenters. The summed E-state index contributed by atoms with van der Waals surface area (Å²) < 4.78 is 31.1. The van der Waals surface area contributed by atoms with E-state index in [9.17, 15) is 18.0 Å². The van der Waals surface area contributed by atoms with Crippen molar-refractivity contribution < 1.29 is 22.7 Å². The van der Waals surface area contributed by atoms with E-state index in [0.29, 0.717) is 0 Å². The summed E-state index contributed by atoms with van der Waals surface area (Å²) >= 11 is 0. The molecule has 0 aliphatic carbocycles. The first-order valence-electron chi connectivity index (χ1n) is 7.86. The van der Waals surface area contributed by atoms with Gasteiger partial charge in [-0.3, -0.25) is 4.79 Å². The molecule has 8 heteroatoms. The first-order valence-corrected chi connectivity index (χ1v) is 9.34. The van der Waals surface area contributed by atoms with Gasteiger partial charge in [-0.1, -0.05) is 26.3 Å². The molecular formula is C16H24N2O5S. The van der Waals surface area contributed by atoms with Crippen LogP contribution in [0.3, 0.4) is 0 Å². The number of rotatable bonds is 9. The molecule has 0 saturated heterocycles. The van der Waals surface area contributed by atoms with Crippen LogP contribution in [0.25, 0.3) is 0 Å². The Kier molecular flexibility index (Phi) is 7.87. The largest absolute Gasteiger partial charge is 0.452 e. The number of benzene rings is 1. The van der Waals surface area contributed by atoms with Gasteiger partial charge in [-0.05, 0) is 31.5 Å². The Balaban J connectivity index is 2.67. The molecular weight excluding hydrogens is 332 g/mol. The maximum Gasteiger partial charge on any atom is 0.338 e. The molecule has 1 aromatic rings. The second-order valence-corrected chi connectivity index (χ2v) is 7.13. The van der Waals surface area contributed by atoms with Crippen molar-refractivity contribution >= 4 is 21.9 Å². The lowest BCUT2D eigenvalue weighted by Gasteiger charge is -2.13. The first kappa shape index (κ1) is 20.1. The van der Waals surface area contributed by atoms with Crippen LogP contribution >= 0.6 is 0 Å². The van der Waals surface area contributed by atoms with E-state index in [-0.39, 0.29) is 29.0 Å². The summed E-state index contributed by atoms with van der Waals surface area (Å²) in [5, 5.41) is 2.72. The number of carbonyl (C=O) groups excluding carboxylic acids is 2. The Morgan fingerprint density at radius 3 is 2.58 bits per heavy atom. The molecule has 1 amide bonds. The lowest BCUT2D eigenvalue weighted by Crippen LogP contribution is -2.35. The predicted molar refractivity (Wildman–Crippen MR) is 90.1 cm³/mol. The molecule has 1 aromatic carbocycles. The number of esters is 1. The Morgan fingerprint density at radius 2 is 1.96 bits per heavy atom. The highest BCUT2D eigenvalue weighted by Gasteiger charge is 2.17. The molecule has 0 unspecified atom stereocenters. The van der Waals surface area contributed by atoms with E-state index in [1.54, 1.807) is 6.92 Å². The van der Waals surface area contributed by atoms with Crippen molar-refractivity contribution in [3.63, 3.8) is 0 Å². The fourth-order valence-electron chi connectivity index (χ4n) is 2.10. The zero-order valence-electron chi connectivity index (χ0n) is 14.2. The van der Waals surface area contributed by atoms with Gasteiger partial charge in [0.15, 0.2) is 6.61 Å². The molecule has 0 radical (unpaired) electrons. The molecule has 7 nitrogen and oxygen atoms in total. The average Bonchev–Trinajstić information content (AvgIpc) is 2.53. The molecule has 0 aliphatic rings. The predicted octanol–water partition coefficient (Wildman–Crippen LogP) is 1.45. The number of ether oxygens (including phenoxy) is 1. The maximum absolute atomic E-state index is 12.0. The minimum absolute atomic E-state index is 0.00907. The zero-order chi connectivity index (χ0) is 18.2. The molecule has 0 bridgehead atoms. The fourth-order valence-corrected chi connectivity index (χ4v) is 3.19. The molecule has 0 heterocycles. The monoisotopic (exact) mass is 356 g/mol. The highest BCUT2D eigenvalue weighted by atomic mass is 32.2. The maximum atomic E-state index is 12.0. The second kappa shape index (κ2) is 9.39. The van der Waals surface area contributed by atoms with Crippen LogP contribution in [0.4, 0.5) is 0 Å². The topological polar surface area (TPSA) is 102 Å². The van der Waals surface area contributed by atoms with E-state index in [2.05, 4.69) is 10.0 Å². The van der Waals surface area contributed by atoms with Crippen LogP contribution in [0, 0.1) is 0 Å². The van der Waals surface area contributed by atoms with Crippen LogP contribution in [0.2, 0.25) is 0 Å². The van der Waals surface area contributed by atoms with E-state index in [0.717, 1.165) is 12.8 Å². The van der Waals surface area contributed by atoms with Crippen molar-refractivity contribution in [2.45, 2.75) is 44.6 Å². The van der Waals surface area contributed by atoms with Gasteiger partial charge in [0.1, 0.15) is 0 Å². The zero-order valence-corrected chi connectivity index (χ0v) is 15.0. The summed E-state index contributed by atoms with van der Waals surface area (Å²) in [4.78, 5) is 23.6. The van der Waals surface area contributed by atoms with Crippen molar-refractivity contribution in [3.8, 4) is 0 Å². The van der Waals surface area contributed by atoms with Gasteiger partial charge in [-0.15, -0.1) is 0 Å². The normalized spacial score (nSPS) is 12.5. The lowest BCUT2D eigenvalue weighted by atomic mass is 10.2. The van der Waals surface area contributed by atoms with E-state index in [4.69, 9.17) is 4.74 Å². The van der Waals surface area contributed by atoms with E-state index < -0.39 is 22.6 Å². The van der Waals surface area contributed by atoms with Gasteiger partial charge in [0.05, 0.1) is 10.5 Å². The Labute approximate surface area is 142 Å². The third-order valence-electron chi connectivity index (χ3n) is 3.18. The molecule has 134 valence electrons. The number of carbonyl (C=O) groups is 2. The van der Waals surface area contributed by atoms with Gasteiger partial charge in [0, 0.05) is 12.6 Å². The lowest BCUT2D eigenvalue weighted by molar-refractivity contribution is -0.124. The number of amides is 1. The smallest absolute Gasteiger partial charge is 0.338 e. The van der Waals surface area contributed by atoms with Crippen LogP contribution in [0.5, 0.6) is 0 Å². The minimum atomic E-state index is -3.66. The molecule has 2 N–H and O–H groups in total. The Hall–Kier alpha value is -1.93. The fraction of sp³-hybridized carbons (Fsp3) is 0.500. The minimum Gasteiger partial charge on any atom is -0.452 e. The molecule has 0 aromatic heterocycles. The van der Waals surface area contributed by atoms with E-state index >= 15 is 0 Å². The molecule has 24 heavy (non-hydrogen) atoms. The van der Waals surface area contributed by atoms with Gasteiger partial charge in [0.25, 0.3) is 5.91 Å². The number of sulfonamides is 1. The highest BCUT2D eigenvalue weighted by molar-refractivity contribution is 7.89. The first-order chi connectivity index (χ1) is 11.3. The van der Waals surface area contributed by atoms with Gasteiger partial charge >= 0.3 is 5.97 Å². The molecule has 0 aliphatic heterocycles. The van der Waals surface area contributed by atoms with Crippen molar-refractivity contribution in [2.24, 2.45) is 0 Å². The van der Waals surface area contributed by atoms with Crippen LogP contribution in [-0.4, -0.2) is 39.5 Å². The molecule has 0 spiro atoms. The van der Waals surface area contributed by atoms with Crippen molar-refractivity contribution in [1.29, 1.82) is 0 Å². The van der Waals surface area contributed by atoms with E-state index in [1.165, 1.54) is 24.3 Å². The third-order valence-corrected chi connectivity index (χ3v) is 4.72. The number of hydrogen-bond donors (Lipinski definition) is 2. The van der Waals surface area contributed by atoms with Gasteiger partial charge in [-0.25, -0.2) is 17.9 Å². The second-order valence-electron chi connectivity index (χ2n) is 5.36. The van der Waals surface area contributed by atoms with E-state index in [1.807, 2.05) is 13.8 Å². The summed E-state index contributed by atoms with van der Waals surface area (Å²) in [6, 6.07) is 5.50. The standard InChI is InChI=1S/C16H24N2O5S/c1-4-7-12(3)18-15(19)11-23-16(20)13-8-6-9-14(10-13)24(21,22)17-5-2/h6,8-10,12,17H,4-5,7,11H2,1-3H3,(H,18,19)/t12-/m1/s1. The summed E-state index contributed by atoms with van der Waals surface area (Å²) in [6.45, 7) is 5.38. The average molecular weight is 356 g/mol. The van der Waals surface area contributed by atoms with Crippen LogP contribution in [0.1, 0.15) is 44.0 Å². The summed E-state index contributed by atoms with van der Waals surface area (Å²) in [6.07, 6.45) is 1.78. The number of nitrogens with one attached hydrogen (secondary N) is 2. The summed E-state index contributed by atoms with van der Waals surface area (Å²) in [7, 11) is -3.66. The molecule has 0 fully saturated rings. The SMILES string of the molecule is CCC[C@@H](C)NC(=O)COC(=O)c1cccc(S(=O)(=O)NCC)c1. The highest BCUT2D eigenvalue weighted by Crippen LogP contribution is 2.12. The third kappa shape index (κ3) is 6.29. The summed E-state index contributed by atoms with van der Waals surface area (Å²) in [5.41, 5.74) is 0.0726. The van der Waals surface area contributed by atoms with Crippen LogP contribution in [0.15, 0.2) is 29.2 Å². The van der Waals surface area contributed by atoms with Gasteiger partial charge in [-0.2, -0.15) is 0 Å². The van der Waals surface area contributed by atoms with Crippen LogP contribution < -0.4 is 10.0 Å². The Morgan fingerprint density at radius 1 is 1.25 bits per heavy atom. The molecule has 1 rings (SSSR count). The van der Waals surface area contributed by atoms with Crippen molar-refractivity contribution in [2.75, 3.05) is 13.2 Å². The Bertz CT molecular complexity index is 673. The molecule has 0 saturated carbocycles. The van der Waals surface area contributed by atoms with Crippen LogP contribution in [-0.2, 0) is 19.6 Å².